The molecule has 0 bridgehead atoms. The minimum Gasteiger partial charge on any atom is -0.370 e. The molecule has 112 valence electrons. The standard InChI is InChI=1S/C17H27ClN2/c1-17(2,3)14-8-10-20(11-9-14)16-13(12-19-4)6-5-7-15(16)18/h5-7,14,19H,8-12H2,1-4H3. The van der Waals surface area contributed by atoms with Gasteiger partial charge < -0.3 is 10.2 Å². The van der Waals surface area contributed by atoms with Crippen molar-refractivity contribution in [3.63, 3.8) is 0 Å². The van der Waals surface area contributed by atoms with Gasteiger partial charge in [-0.25, -0.2) is 0 Å². The van der Waals surface area contributed by atoms with Crippen LogP contribution < -0.4 is 10.2 Å². The summed E-state index contributed by atoms with van der Waals surface area (Å²) >= 11 is 6.46. The second-order valence-electron chi connectivity index (χ2n) is 6.91. The van der Waals surface area contributed by atoms with Crippen molar-refractivity contribution in [1.29, 1.82) is 0 Å². The summed E-state index contributed by atoms with van der Waals surface area (Å²) in [6.45, 7) is 10.2. The maximum absolute atomic E-state index is 6.46. The second kappa shape index (κ2) is 6.36. The predicted molar refractivity (Wildman–Crippen MR) is 88.6 cm³/mol. The van der Waals surface area contributed by atoms with Crippen molar-refractivity contribution in [3.05, 3.63) is 28.8 Å². The summed E-state index contributed by atoms with van der Waals surface area (Å²) in [6.07, 6.45) is 2.52. The van der Waals surface area contributed by atoms with Crippen LogP contribution in [0, 0.1) is 11.3 Å². The number of rotatable bonds is 3. The summed E-state index contributed by atoms with van der Waals surface area (Å²) in [5.74, 6) is 0.814. The molecule has 2 rings (SSSR count). The van der Waals surface area contributed by atoms with E-state index in [4.69, 9.17) is 11.6 Å². The van der Waals surface area contributed by atoms with Crippen molar-refractivity contribution in [3.8, 4) is 0 Å². The molecule has 0 spiro atoms. The largest absolute Gasteiger partial charge is 0.370 e. The lowest BCUT2D eigenvalue weighted by Gasteiger charge is -2.40. The Morgan fingerprint density at radius 2 is 1.90 bits per heavy atom. The van der Waals surface area contributed by atoms with Crippen LogP contribution in [0.4, 0.5) is 5.69 Å². The Bertz CT molecular complexity index is 443. The van der Waals surface area contributed by atoms with Crippen molar-refractivity contribution in [2.45, 2.75) is 40.2 Å². The Morgan fingerprint density at radius 3 is 2.45 bits per heavy atom. The summed E-state index contributed by atoms with van der Waals surface area (Å²) in [6, 6.07) is 6.22. The fraction of sp³-hybridized carbons (Fsp3) is 0.647. The number of benzene rings is 1. The van der Waals surface area contributed by atoms with Gasteiger partial charge in [-0.1, -0.05) is 44.5 Å². The Hall–Kier alpha value is -0.730. The fourth-order valence-corrected chi connectivity index (χ4v) is 3.53. The van der Waals surface area contributed by atoms with E-state index < -0.39 is 0 Å². The first-order valence-corrected chi connectivity index (χ1v) is 7.98. The van der Waals surface area contributed by atoms with E-state index in [0.29, 0.717) is 5.41 Å². The molecule has 1 aliphatic heterocycles. The van der Waals surface area contributed by atoms with Crippen LogP contribution in [0.2, 0.25) is 5.02 Å². The highest BCUT2D eigenvalue weighted by Gasteiger charge is 2.29. The van der Waals surface area contributed by atoms with Gasteiger partial charge in [-0.05, 0) is 42.9 Å². The lowest BCUT2D eigenvalue weighted by Crippen LogP contribution is -2.38. The van der Waals surface area contributed by atoms with Gasteiger partial charge in [0.1, 0.15) is 0 Å². The van der Waals surface area contributed by atoms with Crippen molar-refractivity contribution >= 4 is 17.3 Å². The van der Waals surface area contributed by atoms with Crippen LogP contribution in [0.25, 0.3) is 0 Å². The molecule has 1 heterocycles. The quantitative estimate of drug-likeness (QED) is 0.893. The lowest BCUT2D eigenvalue weighted by molar-refractivity contribution is 0.199. The van der Waals surface area contributed by atoms with E-state index in [1.165, 1.54) is 24.1 Å². The third kappa shape index (κ3) is 3.48. The SMILES string of the molecule is CNCc1cccc(Cl)c1N1CCC(C(C)(C)C)CC1. The van der Waals surface area contributed by atoms with Gasteiger partial charge in [0.15, 0.2) is 0 Å². The van der Waals surface area contributed by atoms with Crippen molar-refractivity contribution < 1.29 is 0 Å². The molecule has 0 unspecified atom stereocenters. The van der Waals surface area contributed by atoms with Gasteiger partial charge >= 0.3 is 0 Å². The van der Waals surface area contributed by atoms with Crippen LogP contribution in [0.5, 0.6) is 0 Å². The molecular formula is C17H27ClN2. The van der Waals surface area contributed by atoms with Crippen LogP contribution in [0.1, 0.15) is 39.2 Å². The van der Waals surface area contributed by atoms with Crippen molar-refractivity contribution in [2.24, 2.45) is 11.3 Å². The summed E-state index contributed by atoms with van der Waals surface area (Å²) < 4.78 is 0. The van der Waals surface area contributed by atoms with Gasteiger partial charge in [0, 0.05) is 19.6 Å². The van der Waals surface area contributed by atoms with Gasteiger partial charge in [-0.3, -0.25) is 0 Å². The highest BCUT2D eigenvalue weighted by atomic mass is 35.5. The highest BCUT2D eigenvalue weighted by molar-refractivity contribution is 6.33. The van der Waals surface area contributed by atoms with Gasteiger partial charge in [0.2, 0.25) is 0 Å². The maximum atomic E-state index is 6.46. The van der Waals surface area contributed by atoms with E-state index in [-0.39, 0.29) is 0 Å². The fourth-order valence-electron chi connectivity index (χ4n) is 3.22. The van der Waals surface area contributed by atoms with Gasteiger partial charge in [-0.2, -0.15) is 0 Å². The highest BCUT2D eigenvalue weighted by Crippen LogP contribution is 2.38. The van der Waals surface area contributed by atoms with Gasteiger partial charge in [0.05, 0.1) is 10.7 Å². The van der Waals surface area contributed by atoms with E-state index in [2.05, 4.69) is 37.1 Å². The molecule has 20 heavy (non-hydrogen) atoms. The van der Waals surface area contributed by atoms with Crippen LogP contribution in [0.15, 0.2) is 18.2 Å². The Morgan fingerprint density at radius 1 is 1.25 bits per heavy atom. The Balaban J connectivity index is 2.14. The smallest absolute Gasteiger partial charge is 0.0642 e. The molecule has 1 aromatic rings. The monoisotopic (exact) mass is 294 g/mol. The van der Waals surface area contributed by atoms with Crippen molar-refractivity contribution in [2.75, 3.05) is 25.0 Å². The lowest BCUT2D eigenvalue weighted by atomic mass is 9.75. The third-order valence-corrected chi connectivity index (χ3v) is 4.78. The molecular weight excluding hydrogens is 268 g/mol. The number of para-hydroxylation sites is 1. The number of nitrogens with zero attached hydrogens (tertiary/aromatic N) is 1. The average Bonchev–Trinajstić information content (AvgIpc) is 2.38. The average molecular weight is 295 g/mol. The number of piperidine rings is 1. The third-order valence-electron chi connectivity index (χ3n) is 4.47. The van der Waals surface area contributed by atoms with Crippen LogP contribution in [0.3, 0.4) is 0 Å². The molecule has 1 fully saturated rings. The van der Waals surface area contributed by atoms with Crippen LogP contribution in [-0.4, -0.2) is 20.1 Å². The number of anilines is 1. The van der Waals surface area contributed by atoms with Crippen LogP contribution in [-0.2, 0) is 6.54 Å². The molecule has 1 saturated heterocycles. The zero-order valence-electron chi connectivity index (χ0n) is 13.2. The minimum absolute atomic E-state index is 0.417. The van der Waals surface area contributed by atoms with Gasteiger partial charge in [-0.15, -0.1) is 0 Å². The predicted octanol–water partition coefficient (Wildman–Crippen LogP) is 4.32. The molecule has 0 saturated carbocycles. The summed E-state index contributed by atoms with van der Waals surface area (Å²) in [5.41, 5.74) is 2.95. The molecule has 0 radical (unpaired) electrons. The summed E-state index contributed by atoms with van der Waals surface area (Å²) in [4.78, 5) is 2.47. The van der Waals surface area contributed by atoms with Crippen molar-refractivity contribution in [1.82, 2.24) is 5.32 Å². The van der Waals surface area contributed by atoms with E-state index in [9.17, 15) is 0 Å². The van der Waals surface area contributed by atoms with Crippen LogP contribution >= 0.6 is 11.6 Å². The first-order valence-electron chi connectivity index (χ1n) is 7.60. The number of nitrogens with one attached hydrogen (secondary N) is 1. The maximum Gasteiger partial charge on any atom is 0.0642 e. The molecule has 0 amide bonds. The number of hydrogen-bond acceptors (Lipinski definition) is 2. The van der Waals surface area contributed by atoms with E-state index in [1.807, 2.05) is 19.2 Å². The number of halogens is 1. The molecule has 3 heteroatoms. The number of hydrogen-bond donors (Lipinski definition) is 1. The first kappa shape index (κ1) is 15.7. The molecule has 0 aromatic heterocycles. The molecule has 0 aliphatic carbocycles. The van der Waals surface area contributed by atoms with E-state index in [1.54, 1.807) is 0 Å². The zero-order valence-corrected chi connectivity index (χ0v) is 13.9. The zero-order chi connectivity index (χ0) is 14.8. The Labute approximate surface area is 128 Å². The molecule has 1 N–H and O–H groups in total. The molecule has 0 atom stereocenters. The second-order valence-corrected chi connectivity index (χ2v) is 7.31. The Kier molecular flexibility index (Phi) is 4.98. The summed E-state index contributed by atoms with van der Waals surface area (Å²) in [5, 5.41) is 4.12. The van der Waals surface area contributed by atoms with E-state index >= 15 is 0 Å². The normalized spacial score (nSPS) is 17.6. The molecule has 1 aliphatic rings. The molecule has 1 aromatic carbocycles. The first-order chi connectivity index (χ1) is 9.43. The van der Waals surface area contributed by atoms with Gasteiger partial charge in [0.25, 0.3) is 0 Å². The molecule has 2 nitrogen and oxygen atoms in total. The van der Waals surface area contributed by atoms with E-state index in [0.717, 1.165) is 30.6 Å². The minimum atomic E-state index is 0.417. The topological polar surface area (TPSA) is 15.3 Å². The summed E-state index contributed by atoms with van der Waals surface area (Å²) in [7, 11) is 1.98.